The molecule has 2 atom stereocenters. The first-order valence-electron chi connectivity index (χ1n) is 7.31. The summed E-state index contributed by atoms with van der Waals surface area (Å²) in [4.78, 5) is 48.9. The van der Waals surface area contributed by atoms with Crippen LogP contribution >= 0.6 is 0 Å². The summed E-state index contributed by atoms with van der Waals surface area (Å²) >= 11 is 0. The van der Waals surface area contributed by atoms with Gasteiger partial charge < -0.3 is 9.84 Å². The van der Waals surface area contributed by atoms with Crippen molar-refractivity contribution in [2.75, 3.05) is 0 Å². The maximum Gasteiger partial charge on any atom is 0.333 e. The molecule has 0 saturated carbocycles. The Kier molecular flexibility index (Phi) is 7.20. The molecule has 1 heterocycles. The van der Waals surface area contributed by atoms with E-state index in [1.54, 1.807) is 0 Å². The van der Waals surface area contributed by atoms with Crippen LogP contribution in [-0.4, -0.2) is 37.8 Å². The van der Waals surface area contributed by atoms with Crippen LogP contribution < -0.4 is 17.1 Å². The molecule has 0 amide bonds. The molecule has 128 valence electrons. The fourth-order valence-electron chi connectivity index (χ4n) is 2.07. The number of aromatic nitrogens is 3. The molecule has 0 radical (unpaired) electrons. The van der Waals surface area contributed by atoms with E-state index in [4.69, 9.17) is 4.74 Å². The lowest BCUT2D eigenvalue weighted by Gasteiger charge is -2.18. The van der Waals surface area contributed by atoms with Gasteiger partial charge in [0.25, 0.3) is 0 Å². The Morgan fingerprint density at radius 3 is 2.48 bits per heavy atom. The number of nitrogens with zero attached hydrogens (tertiary/aromatic N) is 1. The second kappa shape index (κ2) is 8.89. The molecule has 1 aromatic heterocycles. The number of hydrogen-bond donors (Lipinski definition) is 3. The van der Waals surface area contributed by atoms with Gasteiger partial charge >= 0.3 is 23.0 Å². The standard InChI is InChI=1S/C14H21N3O6/c1-3-10(23-11(19)4-2)8-9(18)6-5-7-17-13(21)15-12(20)16-14(17)22/h4,9-10,18H,2-3,5-8H2,1H3,(H2,15,16,20,21,22). The van der Waals surface area contributed by atoms with Crippen molar-refractivity contribution in [2.24, 2.45) is 0 Å². The molecule has 0 bridgehead atoms. The Morgan fingerprint density at radius 2 is 1.96 bits per heavy atom. The maximum absolute atomic E-state index is 11.5. The number of H-pyrrole nitrogens is 2. The van der Waals surface area contributed by atoms with Crippen LogP contribution in [0.3, 0.4) is 0 Å². The van der Waals surface area contributed by atoms with E-state index in [-0.39, 0.29) is 13.0 Å². The Bertz CT molecular complexity index is 667. The summed E-state index contributed by atoms with van der Waals surface area (Å²) < 4.78 is 5.92. The summed E-state index contributed by atoms with van der Waals surface area (Å²) in [6.45, 7) is 5.19. The first-order valence-corrected chi connectivity index (χ1v) is 7.31. The Morgan fingerprint density at radius 1 is 1.35 bits per heavy atom. The molecule has 1 aromatic rings. The molecule has 0 aromatic carbocycles. The molecule has 1 rings (SSSR count). The van der Waals surface area contributed by atoms with Crippen molar-refractivity contribution in [3.63, 3.8) is 0 Å². The van der Waals surface area contributed by atoms with Gasteiger partial charge in [-0.3, -0.25) is 9.97 Å². The topological polar surface area (TPSA) is 134 Å². The number of aliphatic hydroxyl groups excluding tert-OH is 1. The number of aliphatic hydroxyl groups is 1. The van der Waals surface area contributed by atoms with Gasteiger partial charge in [-0.05, 0) is 19.3 Å². The molecular weight excluding hydrogens is 306 g/mol. The smallest absolute Gasteiger partial charge is 0.333 e. The lowest BCUT2D eigenvalue weighted by molar-refractivity contribution is -0.144. The zero-order valence-electron chi connectivity index (χ0n) is 12.9. The largest absolute Gasteiger partial charge is 0.459 e. The minimum Gasteiger partial charge on any atom is -0.459 e. The van der Waals surface area contributed by atoms with Crippen molar-refractivity contribution >= 4 is 5.97 Å². The van der Waals surface area contributed by atoms with Crippen molar-refractivity contribution in [3.8, 4) is 0 Å². The van der Waals surface area contributed by atoms with Gasteiger partial charge in [0.05, 0.1) is 6.10 Å². The van der Waals surface area contributed by atoms with Gasteiger partial charge in [-0.2, -0.15) is 0 Å². The SMILES string of the molecule is C=CC(=O)OC(CC)CC(O)CCCn1c(=O)[nH]c(=O)[nH]c1=O. The molecule has 0 aliphatic carbocycles. The predicted octanol–water partition coefficient (Wildman–Crippen LogP) is -0.736. The maximum atomic E-state index is 11.5. The van der Waals surface area contributed by atoms with E-state index in [2.05, 4.69) is 6.58 Å². The van der Waals surface area contributed by atoms with E-state index >= 15 is 0 Å². The molecule has 9 nitrogen and oxygen atoms in total. The molecule has 0 fully saturated rings. The Labute approximate surface area is 131 Å². The van der Waals surface area contributed by atoms with Gasteiger partial charge in [-0.25, -0.2) is 23.7 Å². The van der Waals surface area contributed by atoms with Crippen molar-refractivity contribution in [2.45, 2.75) is 51.4 Å². The van der Waals surface area contributed by atoms with Gasteiger partial charge in [0, 0.05) is 19.0 Å². The summed E-state index contributed by atoms with van der Waals surface area (Å²) in [7, 11) is 0. The minimum absolute atomic E-state index is 0.0608. The predicted molar refractivity (Wildman–Crippen MR) is 82.2 cm³/mol. The van der Waals surface area contributed by atoms with Crippen LogP contribution in [0, 0.1) is 0 Å². The van der Waals surface area contributed by atoms with Crippen LogP contribution in [-0.2, 0) is 16.1 Å². The number of carbonyl (C=O) groups excluding carboxylic acids is 1. The summed E-state index contributed by atoms with van der Waals surface area (Å²) in [6, 6.07) is 0. The number of nitrogens with one attached hydrogen (secondary N) is 2. The van der Waals surface area contributed by atoms with Crippen molar-refractivity contribution in [3.05, 3.63) is 44.1 Å². The molecule has 3 N–H and O–H groups in total. The molecule has 9 heteroatoms. The van der Waals surface area contributed by atoms with Crippen LogP contribution in [0.4, 0.5) is 0 Å². The van der Waals surface area contributed by atoms with Crippen LogP contribution in [0.2, 0.25) is 0 Å². The highest BCUT2D eigenvalue weighted by Gasteiger charge is 2.16. The van der Waals surface area contributed by atoms with E-state index in [1.807, 2.05) is 16.9 Å². The van der Waals surface area contributed by atoms with E-state index < -0.39 is 35.2 Å². The summed E-state index contributed by atoms with van der Waals surface area (Å²) in [5.41, 5.74) is -2.44. The van der Waals surface area contributed by atoms with E-state index in [9.17, 15) is 24.3 Å². The van der Waals surface area contributed by atoms with Crippen LogP contribution in [0.25, 0.3) is 0 Å². The zero-order chi connectivity index (χ0) is 17.4. The third-order valence-electron chi connectivity index (χ3n) is 3.29. The lowest BCUT2D eigenvalue weighted by atomic mass is 10.1. The van der Waals surface area contributed by atoms with Crippen molar-refractivity contribution in [1.82, 2.24) is 14.5 Å². The summed E-state index contributed by atoms with van der Waals surface area (Å²) in [5.74, 6) is -0.546. The molecule has 0 aliphatic rings. The number of esters is 1. The molecule has 0 spiro atoms. The second-order valence-corrected chi connectivity index (χ2v) is 5.04. The minimum atomic E-state index is -0.855. The van der Waals surface area contributed by atoms with E-state index in [0.29, 0.717) is 19.3 Å². The van der Waals surface area contributed by atoms with Crippen LogP contribution in [0.5, 0.6) is 0 Å². The quantitative estimate of drug-likeness (QED) is 0.404. The highest BCUT2D eigenvalue weighted by Crippen LogP contribution is 2.11. The summed E-state index contributed by atoms with van der Waals surface area (Å²) in [6.07, 6.45) is 1.37. The average molecular weight is 327 g/mol. The highest BCUT2D eigenvalue weighted by atomic mass is 16.5. The monoisotopic (exact) mass is 327 g/mol. The third-order valence-corrected chi connectivity index (χ3v) is 3.29. The number of aromatic amines is 2. The molecule has 0 aliphatic heterocycles. The highest BCUT2D eigenvalue weighted by molar-refractivity contribution is 5.81. The first-order chi connectivity index (χ1) is 10.9. The lowest BCUT2D eigenvalue weighted by Crippen LogP contribution is -2.43. The van der Waals surface area contributed by atoms with Crippen LogP contribution in [0.1, 0.15) is 32.6 Å². The Balaban J connectivity index is 2.51. The van der Waals surface area contributed by atoms with E-state index in [0.717, 1.165) is 10.6 Å². The van der Waals surface area contributed by atoms with Gasteiger partial charge in [-0.15, -0.1) is 0 Å². The zero-order valence-corrected chi connectivity index (χ0v) is 12.9. The number of rotatable bonds is 9. The second-order valence-electron chi connectivity index (χ2n) is 5.04. The third kappa shape index (κ3) is 6.07. The van der Waals surface area contributed by atoms with Crippen LogP contribution in [0.15, 0.2) is 27.0 Å². The Hall–Kier alpha value is -2.42. The summed E-state index contributed by atoms with van der Waals surface area (Å²) in [5, 5.41) is 9.95. The average Bonchev–Trinajstić information content (AvgIpc) is 2.48. The number of carbonyl (C=O) groups is 1. The molecule has 0 saturated heterocycles. The van der Waals surface area contributed by atoms with E-state index in [1.165, 1.54) is 0 Å². The van der Waals surface area contributed by atoms with Crippen molar-refractivity contribution < 1.29 is 14.6 Å². The fraction of sp³-hybridized carbons (Fsp3) is 0.571. The van der Waals surface area contributed by atoms with Gasteiger partial charge in [-0.1, -0.05) is 13.5 Å². The fourth-order valence-corrected chi connectivity index (χ4v) is 2.07. The molecule has 2 unspecified atom stereocenters. The first kappa shape index (κ1) is 18.6. The molecule has 23 heavy (non-hydrogen) atoms. The number of hydrogen-bond acceptors (Lipinski definition) is 6. The van der Waals surface area contributed by atoms with Gasteiger partial charge in [0.15, 0.2) is 0 Å². The normalized spacial score (nSPS) is 13.3. The van der Waals surface area contributed by atoms with Gasteiger partial charge in [0.1, 0.15) is 6.10 Å². The molecular formula is C14H21N3O6. The number of ether oxygens (including phenoxy) is 1. The van der Waals surface area contributed by atoms with Gasteiger partial charge in [0.2, 0.25) is 0 Å². The van der Waals surface area contributed by atoms with Crippen molar-refractivity contribution in [1.29, 1.82) is 0 Å².